The fourth-order valence-corrected chi connectivity index (χ4v) is 2.98. The van der Waals surface area contributed by atoms with Crippen molar-refractivity contribution in [2.45, 2.75) is 44.3 Å². The minimum atomic E-state index is -4.73. The van der Waals surface area contributed by atoms with Crippen LogP contribution in [-0.2, 0) is 4.79 Å². The number of hydrogen-bond donors (Lipinski definition) is 1. The Bertz CT molecular complexity index is 300. The molecule has 6 heteroatoms. The van der Waals surface area contributed by atoms with Crippen LogP contribution in [0.4, 0.5) is 13.2 Å². The first-order chi connectivity index (χ1) is 8.48. The van der Waals surface area contributed by atoms with Crippen LogP contribution in [0, 0.1) is 5.92 Å². The number of alkyl halides is 3. The summed E-state index contributed by atoms with van der Waals surface area (Å²) in [4.78, 5) is 12.2. The molecule has 2 heterocycles. The molecule has 3 nitrogen and oxygen atoms in total. The van der Waals surface area contributed by atoms with Gasteiger partial charge in [0.05, 0.1) is 0 Å². The lowest BCUT2D eigenvalue weighted by Gasteiger charge is -2.39. The first-order valence-electron chi connectivity index (χ1n) is 6.58. The SMILES string of the molecule is O=C(N1CCCC(C2CCCCN2)C1)C(F)(F)F. The molecule has 0 bridgehead atoms. The number of carbonyl (C=O) groups excluding carboxylic acids is 1. The molecule has 2 fully saturated rings. The molecule has 2 atom stereocenters. The van der Waals surface area contributed by atoms with E-state index in [-0.39, 0.29) is 25.0 Å². The number of likely N-dealkylation sites (tertiary alicyclic amines) is 1. The van der Waals surface area contributed by atoms with E-state index in [2.05, 4.69) is 5.32 Å². The number of halogens is 3. The van der Waals surface area contributed by atoms with Gasteiger partial charge in [0, 0.05) is 19.1 Å². The average Bonchev–Trinajstić information content (AvgIpc) is 2.38. The van der Waals surface area contributed by atoms with Gasteiger partial charge in [-0.25, -0.2) is 0 Å². The van der Waals surface area contributed by atoms with Gasteiger partial charge in [0.25, 0.3) is 0 Å². The fourth-order valence-electron chi connectivity index (χ4n) is 2.98. The number of amides is 1. The van der Waals surface area contributed by atoms with Gasteiger partial charge in [0.1, 0.15) is 0 Å². The van der Waals surface area contributed by atoms with Gasteiger partial charge >= 0.3 is 12.1 Å². The molecule has 0 spiro atoms. The minimum Gasteiger partial charge on any atom is -0.335 e. The van der Waals surface area contributed by atoms with E-state index in [1.807, 2.05) is 0 Å². The Balaban J connectivity index is 1.93. The van der Waals surface area contributed by atoms with E-state index in [9.17, 15) is 18.0 Å². The third-order valence-corrected chi connectivity index (χ3v) is 3.91. The summed E-state index contributed by atoms with van der Waals surface area (Å²) in [7, 11) is 0. The van der Waals surface area contributed by atoms with Crippen molar-refractivity contribution in [2.24, 2.45) is 5.92 Å². The maximum atomic E-state index is 12.4. The van der Waals surface area contributed by atoms with Crippen molar-refractivity contribution in [1.82, 2.24) is 10.2 Å². The van der Waals surface area contributed by atoms with Crippen LogP contribution >= 0.6 is 0 Å². The van der Waals surface area contributed by atoms with Crippen LogP contribution in [-0.4, -0.2) is 42.7 Å². The van der Waals surface area contributed by atoms with Crippen LogP contribution in [0.5, 0.6) is 0 Å². The van der Waals surface area contributed by atoms with E-state index >= 15 is 0 Å². The summed E-state index contributed by atoms with van der Waals surface area (Å²) in [6, 6.07) is 0.280. The standard InChI is InChI=1S/C12H19F3N2O/c13-12(14,15)11(18)17-7-3-4-9(8-17)10-5-1-2-6-16-10/h9-10,16H,1-8H2. The molecule has 0 aliphatic carbocycles. The lowest BCUT2D eigenvalue weighted by molar-refractivity contribution is -0.187. The van der Waals surface area contributed by atoms with E-state index < -0.39 is 12.1 Å². The third kappa shape index (κ3) is 3.16. The molecule has 0 aromatic carbocycles. The lowest BCUT2D eigenvalue weighted by Crippen LogP contribution is -2.51. The van der Waals surface area contributed by atoms with Crippen LogP contribution in [0.25, 0.3) is 0 Å². The van der Waals surface area contributed by atoms with E-state index in [0.717, 1.165) is 37.1 Å². The van der Waals surface area contributed by atoms with Crippen molar-refractivity contribution in [3.05, 3.63) is 0 Å². The van der Waals surface area contributed by atoms with E-state index in [4.69, 9.17) is 0 Å². The van der Waals surface area contributed by atoms with E-state index in [0.29, 0.717) is 6.42 Å². The van der Waals surface area contributed by atoms with Gasteiger partial charge in [-0.2, -0.15) is 13.2 Å². The summed E-state index contributed by atoms with van der Waals surface area (Å²) in [5.41, 5.74) is 0. The molecule has 18 heavy (non-hydrogen) atoms. The number of nitrogens with zero attached hydrogens (tertiary/aromatic N) is 1. The quantitative estimate of drug-likeness (QED) is 0.785. The lowest BCUT2D eigenvalue weighted by atomic mass is 9.86. The summed E-state index contributed by atoms with van der Waals surface area (Å²) in [6.07, 6.45) is 0.125. The van der Waals surface area contributed by atoms with Gasteiger partial charge in [-0.1, -0.05) is 6.42 Å². The highest BCUT2D eigenvalue weighted by Gasteiger charge is 2.44. The van der Waals surface area contributed by atoms with Crippen molar-refractivity contribution in [3.8, 4) is 0 Å². The fraction of sp³-hybridized carbons (Fsp3) is 0.917. The molecule has 0 aromatic heterocycles. The van der Waals surface area contributed by atoms with Crippen molar-refractivity contribution in [1.29, 1.82) is 0 Å². The number of nitrogens with one attached hydrogen (secondary N) is 1. The highest BCUT2D eigenvalue weighted by molar-refractivity contribution is 5.81. The Labute approximate surface area is 105 Å². The second kappa shape index (κ2) is 5.47. The van der Waals surface area contributed by atoms with Crippen LogP contribution in [0.15, 0.2) is 0 Å². The number of rotatable bonds is 1. The topological polar surface area (TPSA) is 32.3 Å². The van der Waals surface area contributed by atoms with Gasteiger partial charge in [0.2, 0.25) is 0 Å². The number of hydrogen-bond acceptors (Lipinski definition) is 2. The Morgan fingerprint density at radius 2 is 1.94 bits per heavy atom. The van der Waals surface area contributed by atoms with Crippen molar-refractivity contribution < 1.29 is 18.0 Å². The molecule has 2 aliphatic rings. The number of carbonyl (C=O) groups is 1. The summed E-state index contributed by atoms with van der Waals surface area (Å²) in [5, 5.41) is 3.37. The largest absolute Gasteiger partial charge is 0.471 e. The molecule has 0 saturated carbocycles. The number of piperidine rings is 2. The second-order valence-corrected chi connectivity index (χ2v) is 5.21. The molecule has 1 amide bonds. The first-order valence-corrected chi connectivity index (χ1v) is 6.58. The summed E-state index contributed by atoms with van der Waals surface area (Å²) in [6.45, 7) is 1.42. The van der Waals surface area contributed by atoms with Gasteiger partial charge in [0.15, 0.2) is 0 Å². The molecule has 0 aromatic rings. The zero-order valence-corrected chi connectivity index (χ0v) is 10.3. The van der Waals surface area contributed by atoms with Gasteiger partial charge in [-0.05, 0) is 38.1 Å². The maximum Gasteiger partial charge on any atom is 0.471 e. The smallest absolute Gasteiger partial charge is 0.335 e. The maximum absolute atomic E-state index is 12.4. The summed E-state index contributed by atoms with van der Waals surface area (Å²) in [5.74, 6) is -1.51. The Kier molecular flexibility index (Phi) is 4.14. The zero-order chi connectivity index (χ0) is 13.2. The van der Waals surface area contributed by atoms with Crippen molar-refractivity contribution in [2.75, 3.05) is 19.6 Å². The average molecular weight is 264 g/mol. The third-order valence-electron chi connectivity index (χ3n) is 3.91. The predicted molar refractivity (Wildman–Crippen MR) is 61.0 cm³/mol. The summed E-state index contributed by atoms with van der Waals surface area (Å²) < 4.78 is 37.2. The van der Waals surface area contributed by atoms with Crippen molar-refractivity contribution in [3.63, 3.8) is 0 Å². The second-order valence-electron chi connectivity index (χ2n) is 5.21. The Hall–Kier alpha value is -0.780. The van der Waals surface area contributed by atoms with E-state index in [1.54, 1.807) is 0 Å². The molecular formula is C12H19F3N2O. The Morgan fingerprint density at radius 3 is 2.56 bits per heavy atom. The monoisotopic (exact) mass is 264 g/mol. The molecule has 1 N–H and O–H groups in total. The minimum absolute atomic E-state index is 0.172. The molecule has 2 rings (SSSR count). The van der Waals surface area contributed by atoms with Crippen molar-refractivity contribution >= 4 is 5.91 Å². The summed E-state index contributed by atoms with van der Waals surface area (Å²) >= 11 is 0. The van der Waals surface area contributed by atoms with Crippen LogP contribution in [0.2, 0.25) is 0 Å². The molecule has 2 unspecified atom stereocenters. The van der Waals surface area contributed by atoms with Crippen LogP contribution in [0.3, 0.4) is 0 Å². The highest BCUT2D eigenvalue weighted by Crippen LogP contribution is 2.27. The highest BCUT2D eigenvalue weighted by atomic mass is 19.4. The molecule has 0 radical (unpaired) electrons. The zero-order valence-electron chi connectivity index (χ0n) is 10.3. The molecular weight excluding hydrogens is 245 g/mol. The van der Waals surface area contributed by atoms with Crippen LogP contribution < -0.4 is 5.32 Å². The predicted octanol–water partition coefficient (Wildman–Crippen LogP) is 1.93. The molecule has 2 aliphatic heterocycles. The van der Waals surface area contributed by atoms with Gasteiger partial charge < -0.3 is 10.2 Å². The van der Waals surface area contributed by atoms with Crippen LogP contribution in [0.1, 0.15) is 32.1 Å². The van der Waals surface area contributed by atoms with E-state index in [1.165, 1.54) is 0 Å². The molecule has 104 valence electrons. The first kappa shape index (κ1) is 13.6. The molecule has 2 saturated heterocycles. The Morgan fingerprint density at radius 1 is 1.17 bits per heavy atom. The van der Waals surface area contributed by atoms with Gasteiger partial charge in [-0.3, -0.25) is 4.79 Å². The normalized spacial score (nSPS) is 30.3. The van der Waals surface area contributed by atoms with Gasteiger partial charge in [-0.15, -0.1) is 0 Å².